The van der Waals surface area contributed by atoms with E-state index in [0.717, 1.165) is 6.54 Å². The Balaban J connectivity index is 2.38. The topological polar surface area (TPSA) is 44.7 Å². The molecule has 0 aliphatic carbocycles. The van der Waals surface area contributed by atoms with Gasteiger partial charge in [-0.3, -0.25) is 4.79 Å². The van der Waals surface area contributed by atoms with E-state index in [1.54, 1.807) is 17.3 Å². The first-order chi connectivity index (χ1) is 5.38. The van der Waals surface area contributed by atoms with E-state index in [1.165, 1.54) is 0 Å². The summed E-state index contributed by atoms with van der Waals surface area (Å²) >= 11 is 0. The van der Waals surface area contributed by atoms with Gasteiger partial charge in [0.2, 0.25) is 0 Å². The Morgan fingerprint density at radius 1 is 1.64 bits per heavy atom. The highest BCUT2D eigenvalue weighted by Gasteiger charge is 2.19. The van der Waals surface area contributed by atoms with Crippen LogP contribution in [0.25, 0.3) is 0 Å². The predicted molar refractivity (Wildman–Crippen MR) is 40.6 cm³/mol. The lowest BCUT2D eigenvalue weighted by molar-refractivity contribution is -0.118. The molecule has 0 aromatic carbocycles. The van der Waals surface area contributed by atoms with E-state index in [2.05, 4.69) is 10.5 Å². The monoisotopic (exact) mass is 149 g/mol. The zero-order valence-corrected chi connectivity index (χ0v) is 5.82. The Hall–Kier alpha value is -1.58. The minimum atomic E-state index is -0.142. The second-order valence-corrected chi connectivity index (χ2v) is 2.32. The van der Waals surface area contributed by atoms with Crippen LogP contribution >= 0.6 is 0 Å². The number of nitrogens with one attached hydrogen (secondary N) is 1. The first kappa shape index (κ1) is 6.15. The zero-order chi connectivity index (χ0) is 7.68. The molecule has 11 heavy (non-hydrogen) atoms. The largest absolute Gasteiger partial charge is 0.322 e. The summed E-state index contributed by atoms with van der Waals surface area (Å²) in [7, 11) is 0. The van der Waals surface area contributed by atoms with Crippen LogP contribution in [0.2, 0.25) is 0 Å². The van der Waals surface area contributed by atoms with Crippen molar-refractivity contribution in [2.75, 3.05) is 6.54 Å². The maximum absolute atomic E-state index is 11.1. The van der Waals surface area contributed by atoms with Gasteiger partial charge in [-0.2, -0.15) is 5.10 Å². The fourth-order valence-corrected chi connectivity index (χ4v) is 1.06. The molecule has 0 radical (unpaired) electrons. The molecule has 4 nitrogen and oxygen atoms in total. The van der Waals surface area contributed by atoms with E-state index in [4.69, 9.17) is 0 Å². The highest BCUT2D eigenvalue weighted by Crippen LogP contribution is 2.09. The summed E-state index contributed by atoms with van der Waals surface area (Å²) in [5, 5.41) is 3.67. The highest BCUT2D eigenvalue weighted by molar-refractivity contribution is 5.97. The maximum Gasteiger partial charge on any atom is 0.288 e. The second kappa shape index (κ2) is 2.23. The van der Waals surface area contributed by atoms with Crippen LogP contribution in [0.15, 0.2) is 29.0 Å². The quantitative estimate of drug-likeness (QED) is 0.519. The van der Waals surface area contributed by atoms with Gasteiger partial charge in [0.15, 0.2) is 0 Å². The van der Waals surface area contributed by atoms with Crippen LogP contribution in [-0.4, -0.2) is 23.7 Å². The predicted octanol–water partition coefficient (Wildman–Crippen LogP) is -0.185. The standard InChI is InChI=1S/C7H7N3O/c11-7-6-3-1-2-4-10(6)5-8-9-7/h1-3,5H,4H2,(H,9,11). The number of carbonyl (C=O) groups excluding carboxylic acids is 1. The van der Waals surface area contributed by atoms with Gasteiger partial charge in [0.25, 0.3) is 5.91 Å². The third kappa shape index (κ3) is 0.920. The fourth-order valence-electron chi connectivity index (χ4n) is 1.06. The number of nitrogens with zero attached hydrogens (tertiary/aromatic N) is 2. The van der Waals surface area contributed by atoms with E-state index in [1.807, 2.05) is 12.2 Å². The zero-order valence-electron chi connectivity index (χ0n) is 5.82. The SMILES string of the molecule is O=C1NN=CN2CC=CC=C12. The van der Waals surface area contributed by atoms with Crippen molar-refractivity contribution in [1.82, 2.24) is 10.3 Å². The highest BCUT2D eigenvalue weighted by atomic mass is 16.2. The van der Waals surface area contributed by atoms with Crippen molar-refractivity contribution in [1.29, 1.82) is 0 Å². The van der Waals surface area contributed by atoms with Crippen LogP contribution in [-0.2, 0) is 4.79 Å². The van der Waals surface area contributed by atoms with E-state index in [9.17, 15) is 4.79 Å². The molecule has 0 atom stereocenters. The van der Waals surface area contributed by atoms with Crippen LogP contribution < -0.4 is 5.43 Å². The van der Waals surface area contributed by atoms with Crippen LogP contribution in [0, 0.1) is 0 Å². The van der Waals surface area contributed by atoms with Gasteiger partial charge in [-0.15, -0.1) is 0 Å². The number of allylic oxidation sites excluding steroid dienone is 2. The number of fused-ring (bicyclic) bond motifs is 1. The molecule has 2 heterocycles. The molecule has 0 saturated heterocycles. The van der Waals surface area contributed by atoms with Crippen molar-refractivity contribution in [3.63, 3.8) is 0 Å². The average molecular weight is 149 g/mol. The van der Waals surface area contributed by atoms with Gasteiger partial charge < -0.3 is 4.90 Å². The molecule has 0 fully saturated rings. The lowest BCUT2D eigenvalue weighted by Gasteiger charge is -2.24. The van der Waals surface area contributed by atoms with Crippen molar-refractivity contribution in [2.24, 2.45) is 5.10 Å². The number of carbonyl (C=O) groups is 1. The fraction of sp³-hybridized carbons (Fsp3) is 0.143. The third-order valence-electron chi connectivity index (χ3n) is 1.60. The molecule has 4 heteroatoms. The molecule has 1 amide bonds. The molecule has 0 spiro atoms. The van der Waals surface area contributed by atoms with E-state index < -0.39 is 0 Å². The van der Waals surface area contributed by atoms with Gasteiger partial charge in [0, 0.05) is 6.54 Å². The summed E-state index contributed by atoms with van der Waals surface area (Å²) in [6, 6.07) is 0. The minimum absolute atomic E-state index is 0.142. The average Bonchev–Trinajstić information content (AvgIpc) is 2.06. The van der Waals surface area contributed by atoms with Crippen molar-refractivity contribution in [3.8, 4) is 0 Å². The van der Waals surface area contributed by atoms with Gasteiger partial charge in [-0.05, 0) is 6.08 Å². The first-order valence-electron chi connectivity index (χ1n) is 3.35. The number of hydrogen-bond donors (Lipinski definition) is 1. The van der Waals surface area contributed by atoms with Crippen molar-refractivity contribution in [3.05, 3.63) is 23.9 Å². The van der Waals surface area contributed by atoms with E-state index >= 15 is 0 Å². The van der Waals surface area contributed by atoms with Crippen LogP contribution in [0.3, 0.4) is 0 Å². The molecule has 2 aliphatic heterocycles. The molecule has 0 aromatic rings. The summed E-state index contributed by atoms with van der Waals surface area (Å²) in [5.74, 6) is -0.142. The molecule has 0 aromatic heterocycles. The lowest BCUT2D eigenvalue weighted by Crippen LogP contribution is -2.38. The second-order valence-electron chi connectivity index (χ2n) is 2.32. The molecule has 0 saturated carbocycles. The molecular weight excluding hydrogens is 142 g/mol. The smallest absolute Gasteiger partial charge is 0.288 e. The molecule has 0 bridgehead atoms. The molecule has 0 unspecified atom stereocenters. The number of amides is 1. The Labute approximate surface area is 63.9 Å². The summed E-state index contributed by atoms with van der Waals surface area (Å²) in [5.41, 5.74) is 3.02. The molecule has 2 rings (SSSR count). The Morgan fingerprint density at radius 2 is 2.55 bits per heavy atom. The summed E-state index contributed by atoms with van der Waals surface area (Å²) < 4.78 is 0. The van der Waals surface area contributed by atoms with Crippen LogP contribution in [0.5, 0.6) is 0 Å². The van der Waals surface area contributed by atoms with Gasteiger partial charge in [0.1, 0.15) is 12.0 Å². The Bertz CT molecular complexity index is 277. The van der Waals surface area contributed by atoms with Gasteiger partial charge >= 0.3 is 0 Å². The molecule has 1 N–H and O–H groups in total. The molecular formula is C7H7N3O. The summed E-state index contributed by atoms with van der Waals surface area (Å²) in [6.07, 6.45) is 7.21. The number of rotatable bonds is 0. The van der Waals surface area contributed by atoms with Crippen LogP contribution in [0.1, 0.15) is 0 Å². The normalized spacial score (nSPS) is 20.9. The van der Waals surface area contributed by atoms with Crippen LogP contribution in [0.4, 0.5) is 0 Å². The summed E-state index contributed by atoms with van der Waals surface area (Å²) in [6.45, 7) is 0.725. The van der Waals surface area contributed by atoms with Crippen molar-refractivity contribution in [2.45, 2.75) is 0 Å². The van der Waals surface area contributed by atoms with Gasteiger partial charge in [0.05, 0.1) is 0 Å². The minimum Gasteiger partial charge on any atom is -0.322 e. The first-order valence-corrected chi connectivity index (χ1v) is 3.35. The Kier molecular flexibility index (Phi) is 1.25. The number of hydrazone groups is 1. The third-order valence-corrected chi connectivity index (χ3v) is 1.60. The Morgan fingerprint density at radius 3 is 3.36 bits per heavy atom. The summed E-state index contributed by atoms with van der Waals surface area (Å²) in [4.78, 5) is 12.9. The van der Waals surface area contributed by atoms with E-state index in [-0.39, 0.29) is 5.91 Å². The van der Waals surface area contributed by atoms with Gasteiger partial charge in [-0.1, -0.05) is 12.2 Å². The lowest BCUT2D eigenvalue weighted by atomic mass is 10.2. The van der Waals surface area contributed by atoms with E-state index in [0.29, 0.717) is 5.70 Å². The maximum atomic E-state index is 11.1. The number of hydrogen-bond acceptors (Lipinski definition) is 3. The molecule has 2 aliphatic rings. The van der Waals surface area contributed by atoms with Crippen molar-refractivity contribution < 1.29 is 4.79 Å². The van der Waals surface area contributed by atoms with Gasteiger partial charge in [-0.25, -0.2) is 5.43 Å². The molecule has 56 valence electrons. The van der Waals surface area contributed by atoms with Crippen molar-refractivity contribution >= 4 is 12.2 Å².